The van der Waals surface area contributed by atoms with Gasteiger partial charge in [-0.25, -0.2) is 4.39 Å². The van der Waals surface area contributed by atoms with Crippen molar-refractivity contribution in [3.63, 3.8) is 0 Å². The number of carbonyl (C=O) groups excluding carboxylic acids is 2. The van der Waals surface area contributed by atoms with Gasteiger partial charge in [0.25, 0.3) is 0 Å². The molecule has 4 aromatic rings. The highest BCUT2D eigenvalue weighted by atomic mass is 19.4. The molecule has 2 N–H and O–H groups in total. The van der Waals surface area contributed by atoms with Crippen molar-refractivity contribution < 1.29 is 31.9 Å². The van der Waals surface area contributed by atoms with E-state index in [1.807, 2.05) is 0 Å². The van der Waals surface area contributed by atoms with E-state index in [4.69, 9.17) is 0 Å². The lowest BCUT2D eigenvalue weighted by molar-refractivity contribution is -0.274. The summed E-state index contributed by atoms with van der Waals surface area (Å²) in [7, 11) is 4.11. The Morgan fingerprint density at radius 1 is 0.893 bits per heavy atom. The van der Waals surface area contributed by atoms with Gasteiger partial charge in [0, 0.05) is 80.6 Å². The van der Waals surface area contributed by atoms with E-state index >= 15 is 4.39 Å². The number of carbonyl (C=O) groups is 2. The number of likely N-dealkylation sites (tertiary alicyclic amines) is 1. The Hall–Kier alpha value is -4.66. The molecule has 56 heavy (non-hydrogen) atoms. The predicted molar refractivity (Wildman–Crippen MR) is 210 cm³/mol. The summed E-state index contributed by atoms with van der Waals surface area (Å²) in [6, 6.07) is 17.2. The molecule has 0 saturated carbocycles. The van der Waals surface area contributed by atoms with Crippen molar-refractivity contribution in [1.29, 1.82) is 0 Å². The van der Waals surface area contributed by atoms with Crippen LogP contribution in [0.25, 0.3) is 22.0 Å². The van der Waals surface area contributed by atoms with Crippen molar-refractivity contribution in [2.75, 3.05) is 76.7 Å². The molecule has 3 aliphatic heterocycles. The third-order valence-electron chi connectivity index (χ3n) is 11.2. The highest BCUT2D eigenvalue weighted by Crippen LogP contribution is 2.34. The van der Waals surface area contributed by atoms with Gasteiger partial charge in [0.05, 0.1) is 5.69 Å². The molecule has 0 bridgehead atoms. The number of halogens is 4. The van der Waals surface area contributed by atoms with Crippen LogP contribution < -0.4 is 20.3 Å². The number of nitrogens with zero attached hydrogens (tertiary/aromatic N) is 5. The zero-order chi connectivity index (χ0) is 39.4. The third kappa shape index (κ3) is 10.0. The number of amides is 2. The molecule has 10 nitrogen and oxygen atoms in total. The van der Waals surface area contributed by atoms with E-state index in [9.17, 15) is 22.8 Å². The van der Waals surface area contributed by atoms with E-state index < -0.39 is 12.4 Å². The first-order valence-electron chi connectivity index (χ1n) is 19.6. The van der Waals surface area contributed by atoms with Crippen LogP contribution in [-0.2, 0) is 22.7 Å². The molecule has 3 saturated heterocycles. The lowest BCUT2D eigenvalue weighted by atomic mass is 9.95. The Morgan fingerprint density at radius 2 is 1.64 bits per heavy atom. The number of piperazine rings is 1. The molecule has 300 valence electrons. The Labute approximate surface area is 325 Å². The summed E-state index contributed by atoms with van der Waals surface area (Å²) >= 11 is 0. The van der Waals surface area contributed by atoms with Crippen molar-refractivity contribution in [2.24, 2.45) is 5.92 Å². The third-order valence-corrected chi connectivity index (χ3v) is 11.2. The molecule has 0 spiro atoms. The fourth-order valence-corrected chi connectivity index (χ4v) is 8.26. The fourth-order valence-electron chi connectivity index (χ4n) is 8.26. The van der Waals surface area contributed by atoms with Gasteiger partial charge in [0.1, 0.15) is 17.6 Å². The number of imide groups is 1. The number of ether oxygens (including phenoxy) is 1. The van der Waals surface area contributed by atoms with Crippen LogP contribution in [-0.4, -0.2) is 110 Å². The Morgan fingerprint density at radius 3 is 2.32 bits per heavy atom. The topological polar surface area (TPSA) is 85.3 Å². The zero-order valence-electron chi connectivity index (χ0n) is 32.1. The van der Waals surface area contributed by atoms with Crippen molar-refractivity contribution in [2.45, 2.75) is 57.6 Å². The van der Waals surface area contributed by atoms with Crippen molar-refractivity contribution >= 4 is 34.1 Å². The van der Waals surface area contributed by atoms with Crippen LogP contribution in [0.2, 0.25) is 0 Å². The van der Waals surface area contributed by atoms with Crippen LogP contribution in [0, 0.1) is 11.7 Å². The lowest BCUT2D eigenvalue weighted by Gasteiger charge is -2.39. The Bertz CT molecular complexity index is 1980. The van der Waals surface area contributed by atoms with Crippen LogP contribution in [0.15, 0.2) is 66.9 Å². The van der Waals surface area contributed by atoms with Gasteiger partial charge in [-0.1, -0.05) is 18.2 Å². The normalized spacial score (nSPS) is 19.2. The highest BCUT2D eigenvalue weighted by Gasteiger charge is 2.31. The number of fused-ring (bicyclic) bond motifs is 1. The lowest BCUT2D eigenvalue weighted by Crippen LogP contribution is -2.49. The molecular formula is C42H51F4N7O3. The molecule has 2 amide bonds. The number of aryl methyl sites for hydroxylation is 1. The number of piperidine rings is 2. The van der Waals surface area contributed by atoms with Crippen LogP contribution >= 0.6 is 0 Å². The van der Waals surface area contributed by atoms with E-state index in [0.717, 1.165) is 107 Å². The van der Waals surface area contributed by atoms with Gasteiger partial charge in [-0.05, 0) is 119 Å². The number of rotatable bonds is 13. The molecule has 3 aromatic carbocycles. The van der Waals surface area contributed by atoms with Gasteiger partial charge < -0.3 is 24.4 Å². The second-order valence-electron chi connectivity index (χ2n) is 15.6. The summed E-state index contributed by atoms with van der Waals surface area (Å²) in [5.41, 5.74) is 5.24. The van der Waals surface area contributed by atoms with Crippen LogP contribution in [0.1, 0.15) is 37.7 Å². The number of alkyl halides is 3. The molecule has 0 aliphatic carbocycles. The number of anilines is 2. The van der Waals surface area contributed by atoms with Crippen LogP contribution in [0.5, 0.6) is 5.75 Å². The molecular weight excluding hydrogens is 726 g/mol. The fraction of sp³-hybridized carbons (Fsp3) is 0.476. The second kappa shape index (κ2) is 17.2. The summed E-state index contributed by atoms with van der Waals surface area (Å²) in [6.45, 7) is 8.87. The summed E-state index contributed by atoms with van der Waals surface area (Å²) in [4.78, 5) is 32.8. The summed E-state index contributed by atoms with van der Waals surface area (Å²) < 4.78 is 60.0. The predicted octanol–water partition coefficient (Wildman–Crippen LogP) is 6.55. The van der Waals surface area contributed by atoms with E-state index in [0.29, 0.717) is 23.7 Å². The minimum Gasteiger partial charge on any atom is -0.406 e. The summed E-state index contributed by atoms with van der Waals surface area (Å²) in [6.07, 6.45) is 1.22. The minimum absolute atomic E-state index is 0.233. The number of aromatic nitrogens is 1. The number of hydrogen-bond donors (Lipinski definition) is 2. The quantitative estimate of drug-likeness (QED) is 0.117. The number of nitrogens with one attached hydrogen (secondary N) is 2. The average molecular weight is 778 g/mol. The SMILES string of the molecule is CN(C)CCCn1cc(-c2ccc(OC(F)(F)F)cc2)c2cc(CN3CCC(CN4CCN(c5ccc(NC6CCC(=O)NC6=O)cc5F)CC4)CC3)ccc21. The maximum absolute atomic E-state index is 15.2. The van der Waals surface area contributed by atoms with Gasteiger partial charge in [-0.15, -0.1) is 13.2 Å². The molecule has 3 fully saturated rings. The molecule has 7 rings (SSSR count). The maximum Gasteiger partial charge on any atom is 0.573 e. The standard InChI is InChI=1S/C42H51F4N7O3/c1-49(2)16-3-17-53-28-35(31-5-8-33(9-6-31)56-42(44,45)46)34-24-30(4-11-38(34)53)27-50-18-14-29(15-19-50)26-51-20-22-52(23-21-51)39-12-7-32(25-36(39)43)47-37-10-13-40(54)48-41(37)55/h4-9,11-12,24-25,28-29,37,47H,3,10,13-23,26-27H2,1-2H3,(H,48,54,55). The van der Waals surface area contributed by atoms with E-state index in [-0.39, 0.29) is 29.8 Å². The van der Waals surface area contributed by atoms with Gasteiger partial charge >= 0.3 is 6.36 Å². The van der Waals surface area contributed by atoms with Crippen LogP contribution in [0.3, 0.4) is 0 Å². The Kier molecular flexibility index (Phi) is 12.2. The number of hydrogen-bond acceptors (Lipinski definition) is 8. The van der Waals surface area contributed by atoms with Gasteiger partial charge in [0.2, 0.25) is 11.8 Å². The van der Waals surface area contributed by atoms with Crippen molar-refractivity contribution in [3.8, 4) is 16.9 Å². The van der Waals surface area contributed by atoms with Gasteiger partial charge in [0.15, 0.2) is 0 Å². The van der Waals surface area contributed by atoms with E-state index in [1.54, 1.807) is 24.3 Å². The second-order valence-corrected chi connectivity index (χ2v) is 15.6. The Balaban J connectivity index is 0.915. The molecule has 14 heteroatoms. The summed E-state index contributed by atoms with van der Waals surface area (Å²) in [5.74, 6) is -0.628. The smallest absolute Gasteiger partial charge is 0.406 e. The largest absolute Gasteiger partial charge is 0.573 e. The van der Waals surface area contributed by atoms with Crippen LogP contribution in [0.4, 0.5) is 28.9 Å². The first kappa shape index (κ1) is 39.6. The summed E-state index contributed by atoms with van der Waals surface area (Å²) in [5, 5.41) is 6.47. The average Bonchev–Trinajstić information content (AvgIpc) is 3.51. The molecule has 3 aliphatic rings. The molecule has 0 radical (unpaired) electrons. The monoisotopic (exact) mass is 777 g/mol. The van der Waals surface area contributed by atoms with Gasteiger partial charge in [-0.2, -0.15) is 0 Å². The van der Waals surface area contributed by atoms with Gasteiger partial charge in [-0.3, -0.25) is 24.7 Å². The number of benzene rings is 3. The molecule has 1 aromatic heterocycles. The minimum atomic E-state index is -4.73. The molecule has 1 unspecified atom stereocenters. The van der Waals surface area contributed by atoms with E-state index in [2.05, 4.69) is 78.0 Å². The van der Waals surface area contributed by atoms with Crippen molar-refractivity contribution in [3.05, 3.63) is 78.2 Å². The molecule has 4 heterocycles. The first-order valence-corrected chi connectivity index (χ1v) is 19.6. The van der Waals surface area contributed by atoms with Crippen molar-refractivity contribution in [1.82, 2.24) is 24.6 Å². The van der Waals surface area contributed by atoms with E-state index in [1.165, 1.54) is 23.8 Å². The first-order chi connectivity index (χ1) is 26.9. The highest BCUT2D eigenvalue weighted by molar-refractivity contribution is 6.01. The maximum atomic E-state index is 15.2. The zero-order valence-corrected chi connectivity index (χ0v) is 32.1. The molecule has 1 atom stereocenters.